The topological polar surface area (TPSA) is 82.7 Å². The van der Waals surface area contributed by atoms with Crippen LogP contribution in [0.2, 0.25) is 0 Å². The standard InChI is InChI=1S/C13H22N4O2S/c1-4-16(3)12-15-10(14)9(20-12)11(18)17-7-5-6-13(2,19)8-17/h19H,4-8,14H2,1-3H3. The molecule has 0 radical (unpaired) electrons. The zero-order valence-corrected chi connectivity index (χ0v) is 13.0. The van der Waals surface area contributed by atoms with Gasteiger partial charge in [-0.2, -0.15) is 0 Å². The highest BCUT2D eigenvalue weighted by Crippen LogP contribution is 2.30. The van der Waals surface area contributed by atoms with E-state index in [2.05, 4.69) is 4.98 Å². The molecule has 0 saturated carbocycles. The van der Waals surface area contributed by atoms with E-state index < -0.39 is 5.60 Å². The molecule has 1 aromatic heterocycles. The summed E-state index contributed by atoms with van der Waals surface area (Å²) < 4.78 is 0. The summed E-state index contributed by atoms with van der Waals surface area (Å²) in [6.07, 6.45) is 1.53. The molecule has 1 saturated heterocycles. The van der Waals surface area contributed by atoms with Gasteiger partial charge in [0.1, 0.15) is 10.7 Å². The first-order chi connectivity index (χ1) is 9.34. The molecule has 0 aliphatic carbocycles. The van der Waals surface area contributed by atoms with Crippen LogP contribution in [0, 0.1) is 0 Å². The van der Waals surface area contributed by atoms with Crippen LogP contribution in [-0.2, 0) is 0 Å². The SMILES string of the molecule is CCN(C)c1nc(N)c(C(=O)N2CCCC(C)(O)C2)s1. The second-order valence-electron chi connectivity index (χ2n) is 5.55. The minimum atomic E-state index is -0.809. The van der Waals surface area contributed by atoms with Gasteiger partial charge >= 0.3 is 0 Å². The average molecular weight is 298 g/mol. The normalized spacial score (nSPS) is 22.9. The predicted octanol–water partition coefficient (Wildman–Crippen LogP) is 1.17. The molecule has 20 heavy (non-hydrogen) atoms. The number of rotatable bonds is 3. The van der Waals surface area contributed by atoms with Gasteiger partial charge < -0.3 is 20.6 Å². The smallest absolute Gasteiger partial charge is 0.267 e. The molecule has 2 heterocycles. The van der Waals surface area contributed by atoms with Gasteiger partial charge in [0.2, 0.25) is 0 Å². The third kappa shape index (κ3) is 3.04. The molecule has 7 heteroatoms. The maximum atomic E-state index is 12.5. The van der Waals surface area contributed by atoms with E-state index in [1.54, 1.807) is 11.8 Å². The number of piperidine rings is 1. The van der Waals surface area contributed by atoms with Crippen molar-refractivity contribution in [1.82, 2.24) is 9.88 Å². The third-order valence-corrected chi connectivity index (χ3v) is 4.77. The number of amides is 1. The fourth-order valence-electron chi connectivity index (χ4n) is 2.31. The third-order valence-electron chi connectivity index (χ3n) is 3.60. The summed E-state index contributed by atoms with van der Waals surface area (Å²) in [5.74, 6) is 0.149. The Balaban J connectivity index is 2.19. The molecule has 1 unspecified atom stereocenters. The van der Waals surface area contributed by atoms with E-state index in [-0.39, 0.29) is 11.7 Å². The number of aromatic nitrogens is 1. The largest absolute Gasteiger partial charge is 0.388 e. The maximum absolute atomic E-state index is 12.5. The zero-order chi connectivity index (χ0) is 14.9. The maximum Gasteiger partial charge on any atom is 0.267 e. The van der Waals surface area contributed by atoms with Crippen molar-refractivity contribution in [3.05, 3.63) is 4.88 Å². The van der Waals surface area contributed by atoms with E-state index in [1.165, 1.54) is 11.3 Å². The number of hydrogen-bond acceptors (Lipinski definition) is 6. The van der Waals surface area contributed by atoms with Gasteiger partial charge in [0.25, 0.3) is 5.91 Å². The van der Waals surface area contributed by atoms with Crippen LogP contribution in [-0.4, -0.2) is 53.2 Å². The van der Waals surface area contributed by atoms with Crippen LogP contribution in [0.5, 0.6) is 0 Å². The Morgan fingerprint density at radius 3 is 2.95 bits per heavy atom. The van der Waals surface area contributed by atoms with Crippen molar-refractivity contribution in [3.63, 3.8) is 0 Å². The lowest BCUT2D eigenvalue weighted by Crippen LogP contribution is -2.48. The molecular formula is C13H22N4O2S. The molecule has 0 spiro atoms. The van der Waals surface area contributed by atoms with Crippen LogP contribution >= 0.6 is 11.3 Å². The van der Waals surface area contributed by atoms with Crippen LogP contribution < -0.4 is 10.6 Å². The van der Waals surface area contributed by atoms with Crippen LogP contribution in [0.3, 0.4) is 0 Å². The van der Waals surface area contributed by atoms with Gasteiger partial charge in [-0.3, -0.25) is 4.79 Å². The average Bonchev–Trinajstić information content (AvgIpc) is 2.78. The van der Waals surface area contributed by atoms with E-state index in [1.807, 2.05) is 18.9 Å². The van der Waals surface area contributed by atoms with Crippen molar-refractivity contribution >= 4 is 28.2 Å². The van der Waals surface area contributed by atoms with Gasteiger partial charge in [-0.05, 0) is 26.7 Å². The van der Waals surface area contributed by atoms with Gasteiger partial charge in [-0.1, -0.05) is 11.3 Å². The van der Waals surface area contributed by atoms with E-state index in [9.17, 15) is 9.90 Å². The monoisotopic (exact) mass is 298 g/mol. The number of nitrogen functional groups attached to an aromatic ring is 1. The molecule has 1 aliphatic heterocycles. The molecule has 1 amide bonds. The van der Waals surface area contributed by atoms with Crippen molar-refractivity contribution in [2.75, 3.05) is 37.3 Å². The van der Waals surface area contributed by atoms with E-state index in [4.69, 9.17) is 5.73 Å². The number of carbonyl (C=O) groups is 1. The molecule has 1 aliphatic rings. The Hall–Kier alpha value is -1.34. The summed E-state index contributed by atoms with van der Waals surface area (Å²) in [7, 11) is 1.91. The van der Waals surface area contributed by atoms with Crippen molar-refractivity contribution in [1.29, 1.82) is 0 Å². The fraction of sp³-hybridized carbons (Fsp3) is 0.692. The molecular weight excluding hydrogens is 276 g/mol. The highest BCUT2D eigenvalue weighted by atomic mass is 32.1. The van der Waals surface area contributed by atoms with Gasteiger partial charge in [-0.15, -0.1) is 0 Å². The minimum absolute atomic E-state index is 0.129. The van der Waals surface area contributed by atoms with E-state index >= 15 is 0 Å². The van der Waals surface area contributed by atoms with Crippen LogP contribution in [0.1, 0.15) is 36.4 Å². The first-order valence-corrected chi connectivity index (χ1v) is 7.65. The number of hydrogen-bond donors (Lipinski definition) is 2. The molecule has 6 nitrogen and oxygen atoms in total. The second-order valence-corrected chi connectivity index (χ2v) is 6.53. The molecule has 1 fully saturated rings. The van der Waals surface area contributed by atoms with E-state index in [0.29, 0.717) is 18.0 Å². The zero-order valence-electron chi connectivity index (χ0n) is 12.2. The summed E-state index contributed by atoms with van der Waals surface area (Å²) >= 11 is 1.31. The number of β-amino-alcohol motifs (C(OH)–C–C–N with tert-alkyl or cyclic N) is 1. The number of thiazole rings is 1. The van der Waals surface area contributed by atoms with Crippen molar-refractivity contribution in [3.8, 4) is 0 Å². The molecule has 1 aromatic rings. The lowest BCUT2D eigenvalue weighted by molar-refractivity contribution is -0.0105. The highest BCUT2D eigenvalue weighted by Gasteiger charge is 2.33. The number of nitrogens with two attached hydrogens (primary N) is 1. The van der Waals surface area contributed by atoms with Crippen molar-refractivity contribution < 1.29 is 9.90 Å². The summed E-state index contributed by atoms with van der Waals surface area (Å²) in [6, 6.07) is 0. The molecule has 112 valence electrons. The fourth-order valence-corrected chi connectivity index (χ4v) is 3.29. The summed E-state index contributed by atoms with van der Waals surface area (Å²) in [5, 5.41) is 10.8. The first-order valence-electron chi connectivity index (χ1n) is 6.83. The van der Waals surface area contributed by atoms with Crippen molar-refractivity contribution in [2.24, 2.45) is 0 Å². The van der Waals surface area contributed by atoms with Crippen LogP contribution in [0.4, 0.5) is 10.9 Å². The van der Waals surface area contributed by atoms with Gasteiger partial charge in [-0.25, -0.2) is 4.98 Å². The Morgan fingerprint density at radius 2 is 2.35 bits per heavy atom. The molecule has 0 bridgehead atoms. The number of nitrogens with zero attached hydrogens (tertiary/aromatic N) is 3. The van der Waals surface area contributed by atoms with E-state index in [0.717, 1.165) is 24.5 Å². The number of anilines is 2. The number of aliphatic hydroxyl groups is 1. The summed E-state index contributed by atoms with van der Waals surface area (Å²) in [5.41, 5.74) is 5.06. The predicted molar refractivity (Wildman–Crippen MR) is 81.2 cm³/mol. The van der Waals surface area contributed by atoms with Crippen LogP contribution in [0.25, 0.3) is 0 Å². The quantitative estimate of drug-likeness (QED) is 0.875. The highest BCUT2D eigenvalue weighted by molar-refractivity contribution is 7.18. The summed E-state index contributed by atoms with van der Waals surface area (Å²) in [6.45, 7) is 5.59. The van der Waals surface area contributed by atoms with Gasteiger partial charge in [0.15, 0.2) is 5.13 Å². The van der Waals surface area contributed by atoms with Crippen LogP contribution in [0.15, 0.2) is 0 Å². The summed E-state index contributed by atoms with van der Waals surface area (Å²) in [4.78, 5) is 20.9. The molecule has 0 aromatic carbocycles. The molecule has 2 rings (SSSR count). The second kappa shape index (κ2) is 5.57. The number of likely N-dealkylation sites (tertiary alicyclic amines) is 1. The van der Waals surface area contributed by atoms with Gasteiger partial charge in [0.05, 0.1) is 5.60 Å². The lowest BCUT2D eigenvalue weighted by atomic mass is 9.95. The van der Waals surface area contributed by atoms with Gasteiger partial charge in [0, 0.05) is 26.7 Å². The Kier molecular flexibility index (Phi) is 4.19. The minimum Gasteiger partial charge on any atom is -0.388 e. The molecule has 1 atom stereocenters. The Bertz CT molecular complexity index is 501. The first kappa shape index (κ1) is 15.1. The number of carbonyl (C=O) groups excluding carboxylic acids is 1. The van der Waals surface area contributed by atoms with Crippen molar-refractivity contribution in [2.45, 2.75) is 32.3 Å². The Labute approximate surface area is 123 Å². The molecule has 3 N–H and O–H groups in total. The lowest BCUT2D eigenvalue weighted by Gasteiger charge is -2.36. The Morgan fingerprint density at radius 1 is 1.65 bits per heavy atom.